The Balaban J connectivity index is 5.57. The lowest BCUT2D eigenvalue weighted by Crippen LogP contribution is -2.41. The average molecular weight is 1560 g/mol. The molecule has 19 nitrogen and oxygen atoms in total. The highest BCUT2D eigenvalue weighted by molar-refractivity contribution is 7.53. The van der Waals surface area contributed by atoms with Crippen LogP contribution in [0.2, 0.25) is 0 Å². The number of ether oxygens (including phenoxy) is 4. The normalized spacial score (nSPS) is 13.9. The van der Waals surface area contributed by atoms with E-state index in [0.29, 0.717) is 51.7 Å². The van der Waals surface area contributed by atoms with Gasteiger partial charge in [0, 0.05) is 64.9 Å². The Kier molecular flexibility index (Phi) is 76.7. The van der Waals surface area contributed by atoms with E-state index >= 15 is 0 Å². The molecule has 0 aliphatic carbocycles. The molecule has 4 N–H and O–H groups in total. The highest BCUT2D eigenvalue weighted by atomic mass is 31.2. The van der Waals surface area contributed by atoms with Gasteiger partial charge >= 0.3 is 33.2 Å². The first-order valence-electron chi connectivity index (χ1n) is 44.9. The van der Waals surface area contributed by atoms with Crippen molar-refractivity contribution in [2.75, 3.05) is 79.3 Å². The van der Waals surface area contributed by atoms with Gasteiger partial charge in [0.2, 0.25) is 11.8 Å². The standard InChI is InChI=1S/C86H170N4O15P2/c1-9-15-21-27-31-35-37-39-43-45-51-57-63-83(92)90-79(75-99-71-67-81(61-55-49-26-20-14-6)105-85(94)65-59-53-47-41-34-30-24-18-12-4)77-103-107(8,97)101-73-69-88-86(95)87-68-72-100-106(7,96)102-76-78(89-82(91)62-56-50-44-42-38-36-32-28-22-16-10-2)74-98-70-66-80(60-54-48-25-19-13-5)104-84(93)64-58-52-46-40-33-29-23-17-11-3/h78-81H,9-77H2,1-8H3,(H,89,91)(H,90,92)(H2,87,88,95). The molecule has 107 heavy (non-hydrogen) atoms. The number of carbonyl (C=O) groups excluding carboxylic acids is 5. The molecule has 0 radical (unpaired) electrons. The molecule has 0 aromatic carbocycles. The Morgan fingerprint density at radius 1 is 0.280 bits per heavy atom. The third kappa shape index (κ3) is 75.8. The number of rotatable bonds is 85. The molecular formula is C86H170N4O15P2. The Morgan fingerprint density at radius 3 is 0.794 bits per heavy atom. The van der Waals surface area contributed by atoms with Gasteiger partial charge in [-0.3, -0.25) is 28.3 Å². The number of urea groups is 1. The summed E-state index contributed by atoms with van der Waals surface area (Å²) in [6, 6.07) is -1.80. The van der Waals surface area contributed by atoms with Crippen LogP contribution in [0.5, 0.6) is 0 Å². The fourth-order valence-electron chi connectivity index (χ4n) is 13.3. The number of carbonyl (C=O) groups is 5. The third-order valence-corrected chi connectivity index (χ3v) is 22.6. The fourth-order valence-corrected chi connectivity index (χ4v) is 15.2. The maximum atomic E-state index is 13.7. The molecule has 0 aromatic rings. The number of esters is 2. The summed E-state index contributed by atoms with van der Waals surface area (Å²) in [6.45, 7) is 16.3. The molecule has 0 saturated carbocycles. The van der Waals surface area contributed by atoms with Crippen molar-refractivity contribution >= 4 is 45.0 Å². The van der Waals surface area contributed by atoms with Gasteiger partial charge in [0.25, 0.3) is 0 Å². The molecule has 0 aliphatic heterocycles. The molecule has 21 heteroatoms. The van der Waals surface area contributed by atoms with Crippen molar-refractivity contribution in [2.24, 2.45) is 0 Å². The van der Waals surface area contributed by atoms with Crippen LogP contribution in [0.4, 0.5) is 4.79 Å². The van der Waals surface area contributed by atoms with Gasteiger partial charge in [-0.15, -0.1) is 0 Å². The van der Waals surface area contributed by atoms with Crippen LogP contribution in [-0.4, -0.2) is 133 Å². The fraction of sp³-hybridized carbons (Fsp3) is 0.942. The second-order valence-electron chi connectivity index (χ2n) is 31.0. The van der Waals surface area contributed by atoms with Crippen LogP contribution in [-0.2, 0) is 65.4 Å². The Labute approximate surface area is 657 Å². The number of nitrogens with one attached hydrogen (secondary N) is 4. The SMILES string of the molecule is CCCCCCCCCCCCCCC(=O)NC(COCCC(CCCCCCC)OC(=O)CCCCCCCCCCC)COP(C)(=O)OCCNC(=O)NCCOP(C)(=O)OCC(COCCC(CCCCCCC)OC(=O)CCCCCCCCCCC)NC(=O)CCCCCCCCCCCCC. The number of hydrogen-bond acceptors (Lipinski definition) is 15. The van der Waals surface area contributed by atoms with Crippen LogP contribution < -0.4 is 21.3 Å². The zero-order valence-corrected chi connectivity index (χ0v) is 72.4. The van der Waals surface area contributed by atoms with Gasteiger partial charge in [-0.05, 0) is 51.4 Å². The number of hydrogen-bond donors (Lipinski definition) is 4. The summed E-state index contributed by atoms with van der Waals surface area (Å²) in [5.41, 5.74) is 0. The largest absolute Gasteiger partial charge is 0.462 e. The highest BCUT2D eigenvalue weighted by Gasteiger charge is 2.25. The first-order chi connectivity index (χ1) is 52.0. The lowest BCUT2D eigenvalue weighted by Gasteiger charge is -2.23. The quantitative estimate of drug-likeness (QED) is 0.0251. The smallest absolute Gasteiger partial charge is 0.327 e. The molecule has 0 fully saturated rings. The van der Waals surface area contributed by atoms with Gasteiger partial charge in [-0.1, -0.05) is 330 Å². The summed E-state index contributed by atoms with van der Waals surface area (Å²) in [6.07, 6.45) is 63.1. The van der Waals surface area contributed by atoms with Crippen LogP contribution in [0.15, 0.2) is 0 Å². The van der Waals surface area contributed by atoms with Crippen LogP contribution in [0.3, 0.4) is 0 Å². The molecule has 0 aromatic heterocycles. The second-order valence-corrected chi connectivity index (χ2v) is 35.1. The molecular weight excluding hydrogens is 1390 g/mol. The topological polar surface area (TPSA) is 241 Å². The highest BCUT2D eigenvalue weighted by Crippen LogP contribution is 2.44. The van der Waals surface area contributed by atoms with Gasteiger partial charge < -0.3 is 58.3 Å². The predicted octanol–water partition coefficient (Wildman–Crippen LogP) is 24.0. The maximum absolute atomic E-state index is 13.7. The van der Waals surface area contributed by atoms with E-state index in [0.717, 1.165) is 141 Å². The summed E-state index contributed by atoms with van der Waals surface area (Å²) in [5.74, 6) is -0.581. The van der Waals surface area contributed by atoms with Gasteiger partial charge in [0.05, 0.1) is 64.9 Å². The molecule has 6 unspecified atom stereocenters. The zero-order valence-electron chi connectivity index (χ0n) is 70.6. The molecule has 0 spiro atoms. The summed E-state index contributed by atoms with van der Waals surface area (Å²) >= 11 is 0. The van der Waals surface area contributed by atoms with Crippen LogP contribution in [0.25, 0.3) is 0 Å². The summed E-state index contributed by atoms with van der Waals surface area (Å²) in [7, 11) is -7.35. The second kappa shape index (κ2) is 78.6. The predicted molar refractivity (Wildman–Crippen MR) is 444 cm³/mol. The minimum atomic E-state index is -3.68. The summed E-state index contributed by atoms with van der Waals surface area (Å²) in [4.78, 5) is 65.8. The van der Waals surface area contributed by atoms with Crippen molar-refractivity contribution < 1.29 is 70.1 Å². The Morgan fingerprint density at radius 2 is 0.523 bits per heavy atom. The van der Waals surface area contributed by atoms with E-state index in [1.807, 2.05) is 0 Å². The third-order valence-electron chi connectivity index (χ3n) is 20.1. The van der Waals surface area contributed by atoms with Gasteiger partial charge in [0.1, 0.15) is 12.2 Å². The van der Waals surface area contributed by atoms with E-state index in [9.17, 15) is 33.1 Å². The molecule has 0 heterocycles. The minimum Gasteiger partial charge on any atom is -0.462 e. The van der Waals surface area contributed by atoms with Gasteiger partial charge in [-0.25, -0.2) is 4.79 Å². The van der Waals surface area contributed by atoms with E-state index in [4.69, 9.17) is 37.0 Å². The van der Waals surface area contributed by atoms with Crippen molar-refractivity contribution in [3.63, 3.8) is 0 Å². The van der Waals surface area contributed by atoms with Gasteiger partial charge in [-0.2, -0.15) is 0 Å². The summed E-state index contributed by atoms with van der Waals surface area (Å²) < 4.78 is 74.8. The Hall–Kier alpha value is -2.63. The van der Waals surface area contributed by atoms with Gasteiger partial charge in [0.15, 0.2) is 0 Å². The summed E-state index contributed by atoms with van der Waals surface area (Å²) in [5, 5.41) is 11.5. The lowest BCUT2D eigenvalue weighted by molar-refractivity contribution is -0.151. The molecule has 4 amide bonds. The lowest BCUT2D eigenvalue weighted by atomic mass is 10.0. The zero-order chi connectivity index (χ0) is 78.5. The van der Waals surface area contributed by atoms with E-state index in [-0.39, 0.29) is 88.7 Å². The molecule has 6 atom stereocenters. The van der Waals surface area contributed by atoms with E-state index in [1.165, 1.54) is 212 Å². The molecule has 0 saturated heterocycles. The van der Waals surface area contributed by atoms with Crippen molar-refractivity contribution in [3.8, 4) is 0 Å². The van der Waals surface area contributed by atoms with E-state index in [2.05, 4.69) is 62.8 Å². The number of amides is 4. The van der Waals surface area contributed by atoms with E-state index < -0.39 is 33.3 Å². The molecule has 0 aliphatic rings. The monoisotopic (exact) mass is 1560 g/mol. The molecule has 0 rings (SSSR count). The van der Waals surface area contributed by atoms with Crippen LogP contribution >= 0.6 is 15.2 Å². The van der Waals surface area contributed by atoms with E-state index in [1.54, 1.807) is 0 Å². The van der Waals surface area contributed by atoms with Crippen molar-refractivity contribution in [1.29, 1.82) is 0 Å². The minimum absolute atomic E-state index is 0.00614. The molecule has 0 bridgehead atoms. The first kappa shape index (κ1) is 104. The number of unbranched alkanes of at least 4 members (excludes halogenated alkanes) is 45. The van der Waals surface area contributed by atoms with Crippen molar-refractivity contribution in [1.82, 2.24) is 21.3 Å². The van der Waals surface area contributed by atoms with Crippen molar-refractivity contribution in [2.45, 2.75) is 445 Å². The Bertz CT molecular complexity index is 2120. The maximum Gasteiger partial charge on any atom is 0.327 e. The van der Waals surface area contributed by atoms with Crippen molar-refractivity contribution in [3.05, 3.63) is 0 Å². The average Bonchev–Trinajstić information content (AvgIpc) is 0.918. The van der Waals surface area contributed by atoms with Crippen LogP contribution in [0.1, 0.15) is 420 Å². The molecule has 634 valence electrons. The van der Waals surface area contributed by atoms with Crippen LogP contribution in [0, 0.1) is 0 Å². The first-order valence-corrected chi connectivity index (χ1v) is 48.9.